The van der Waals surface area contributed by atoms with Gasteiger partial charge in [-0.05, 0) is 61.9 Å². The monoisotopic (exact) mass is 272 g/mol. The van der Waals surface area contributed by atoms with Gasteiger partial charge < -0.3 is 5.11 Å². The summed E-state index contributed by atoms with van der Waals surface area (Å²) in [4.78, 5) is 11.6. The normalized spacial score (nSPS) is 28.6. The molecule has 0 unspecified atom stereocenters. The molecule has 18 heavy (non-hydrogen) atoms. The van der Waals surface area contributed by atoms with Crippen LogP contribution in [0.1, 0.15) is 59.3 Å². The molecule has 0 bridgehead atoms. The Morgan fingerprint density at radius 3 is 2.44 bits per heavy atom. The molecule has 0 radical (unpaired) electrons. The average molecular weight is 272 g/mol. The van der Waals surface area contributed by atoms with Gasteiger partial charge in [-0.1, -0.05) is 20.8 Å². The molecule has 0 amide bonds. The fourth-order valence-corrected chi connectivity index (χ4v) is 3.72. The highest BCUT2D eigenvalue weighted by Gasteiger charge is 2.41. The van der Waals surface area contributed by atoms with Crippen LogP contribution in [0.4, 0.5) is 0 Å². The third-order valence-corrected chi connectivity index (χ3v) is 5.52. The van der Waals surface area contributed by atoms with Crippen LogP contribution < -0.4 is 0 Å². The van der Waals surface area contributed by atoms with Crippen molar-refractivity contribution in [2.75, 3.05) is 11.5 Å². The fourth-order valence-electron chi connectivity index (χ4n) is 3.09. The number of carbonyl (C=O) groups is 1. The van der Waals surface area contributed by atoms with E-state index in [-0.39, 0.29) is 0 Å². The lowest BCUT2D eigenvalue weighted by atomic mass is 9.66. The molecule has 1 fully saturated rings. The summed E-state index contributed by atoms with van der Waals surface area (Å²) in [5.74, 6) is 3.13. The van der Waals surface area contributed by atoms with E-state index in [1.54, 1.807) is 0 Å². The van der Waals surface area contributed by atoms with E-state index in [1.165, 1.54) is 0 Å². The largest absolute Gasteiger partial charge is 0.481 e. The zero-order chi connectivity index (χ0) is 13.6. The predicted molar refractivity (Wildman–Crippen MR) is 79.1 cm³/mol. The Hall–Kier alpha value is -0.180. The van der Waals surface area contributed by atoms with Crippen molar-refractivity contribution in [2.24, 2.45) is 17.3 Å². The van der Waals surface area contributed by atoms with Crippen molar-refractivity contribution in [3.8, 4) is 0 Å². The summed E-state index contributed by atoms with van der Waals surface area (Å²) >= 11 is 1.92. The van der Waals surface area contributed by atoms with Gasteiger partial charge in [0.25, 0.3) is 0 Å². The molecule has 0 aromatic carbocycles. The van der Waals surface area contributed by atoms with Gasteiger partial charge in [0.05, 0.1) is 5.41 Å². The highest BCUT2D eigenvalue weighted by atomic mass is 32.2. The molecule has 0 aromatic rings. The van der Waals surface area contributed by atoms with Crippen LogP contribution in [0.3, 0.4) is 0 Å². The molecule has 0 saturated heterocycles. The van der Waals surface area contributed by atoms with Gasteiger partial charge in [0.2, 0.25) is 0 Å². The molecule has 1 rings (SSSR count). The molecule has 2 nitrogen and oxygen atoms in total. The Morgan fingerprint density at radius 2 is 2.00 bits per heavy atom. The number of aliphatic carboxylic acids is 1. The Labute approximate surface area is 116 Å². The summed E-state index contributed by atoms with van der Waals surface area (Å²) in [6.45, 7) is 6.68. The molecular weight excluding hydrogens is 244 g/mol. The summed E-state index contributed by atoms with van der Waals surface area (Å²) < 4.78 is 0. The number of hydrogen-bond acceptors (Lipinski definition) is 2. The maximum absolute atomic E-state index is 11.6. The SMILES string of the molecule is CCSCCCC1(C(=O)O)CCC(C(C)C)CC1. The van der Waals surface area contributed by atoms with Crippen LogP contribution >= 0.6 is 11.8 Å². The van der Waals surface area contributed by atoms with Gasteiger partial charge in [-0.2, -0.15) is 11.8 Å². The van der Waals surface area contributed by atoms with E-state index in [2.05, 4.69) is 20.8 Å². The quantitative estimate of drug-likeness (QED) is 0.696. The number of carboxylic acids is 1. The van der Waals surface area contributed by atoms with Crippen molar-refractivity contribution in [2.45, 2.75) is 59.3 Å². The van der Waals surface area contributed by atoms with Gasteiger partial charge in [0.1, 0.15) is 0 Å². The van der Waals surface area contributed by atoms with Crippen LogP contribution in [0.25, 0.3) is 0 Å². The van der Waals surface area contributed by atoms with Gasteiger partial charge >= 0.3 is 5.97 Å². The number of thioether (sulfide) groups is 1. The van der Waals surface area contributed by atoms with Gasteiger partial charge in [-0.25, -0.2) is 0 Å². The van der Waals surface area contributed by atoms with Crippen molar-refractivity contribution in [3.05, 3.63) is 0 Å². The first kappa shape index (κ1) is 15.9. The zero-order valence-corrected chi connectivity index (χ0v) is 12.9. The second-order valence-electron chi connectivity index (χ2n) is 5.97. The second kappa shape index (κ2) is 7.42. The summed E-state index contributed by atoms with van der Waals surface area (Å²) in [6.07, 6.45) is 5.91. The van der Waals surface area contributed by atoms with E-state index in [1.807, 2.05) is 11.8 Å². The molecule has 0 spiro atoms. The topological polar surface area (TPSA) is 37.3 Å². The highest BCUT2D eigenvalue weighted by molar-refractivity contribution is 7.99. The minimum absolute atomic E-state index is 0.403. The molecule has 1 N–H and O–H groups in total. The number of rotatable bonds is 7. The molecule has 3 heteroatoms. The third-order valence-electron chi connectivity index (χ3n) is 4.53. The zero-order valence-electron chi connectivity index (χ0n) is 12.1. The fraction of sp³-hybridized carbons (Fsp3) is 0.933. The minimum Gasteiger partial charge on any atom is -0.481 e. The van der Waals surface area contributed by atoms with Crippen molar-refractivity contribution in [3.63, 3.8) is 0 Å². The van der Waals surface area contributed by atoms with Crippen molar-refractivity contribution in [1.29, 1.82) is 0 Å². The van der Waals surface area contributed by atoms with Crippen molar-refractivity contribution in [1.82, 2.24) is 0 Å². The van der Waals surface area contributed by atoms with Crippen molar-refractivity contribution >= 4 is 17.7 Å². The molecule has 0 aromatic heterocycles. The minimum atomic E-state index is -0.550. The molecule has 0 aliphatic heterocycles. The Bertz CT molecular complexity index is 255. The van der Waals surface area contributed by atoms with Crippen LogP contribution in [0.15, 0.2) is 0 Å². The van der Waals surface area contributed by atoms with E-state index in [4.69, 9.17) is 0 Å². The second-order valence-corrected chi connectivity index (χ2v) is 7.36. The maximum Gasteiger partial charge on any atom is 0.309 e. The van der Waals surface area contributed by atoms with Crippen molar-refractivity contribution < 1.29 is 9.90 Å². The predicted octanol–water partition coefficient (Wildman–Crippen LogP) is 4.44. The molecule has 0 heterocycles. The van der Waals surface area contributed by atoms with Crippen LogP contribution in [-0.4, -0.2) is 22.6 Å². The lowest BCUT2D eigenvalue weighted by Gasteiger charge is -2.38. The number of carboxylic acid groups (broad SMARTS) is 1. The smallest absolute Gasteiger partial charge is 0.309 e. The molecule has 0 atom stereocenters. The first-order chi connectivity index (χ1) is 8.52. The number of hydrogen-bond donors (Lipinski definition) is 1. The Morgan fingerprint density at radius 1 is 1.39 bits per heavy atom. The van der Waals surface area contributed by atoms with Crippen LogP contribution in [0.5, 0.6) is 0 Å². The van der Waals surface area contributed by atoms with E-state index >= 15 is 0 Å². The lowest BCUT2D eigenvalue weighted by Crippen LogP contribution is -2.36. The van der Waals surface area contributed by atoms with Gasteiger partial charge in [0.15, 0.2) is 0 Å². The summed E-state index contributed by atoms with van der Waals surface area (Å²) in [6, 6.07) is 0. The van der Waals surface area contributed by atoms with E-state index in [9.17, 15) is 9.90 Å². The van der Waals surface area contributed by atoms with Crippen LogP contribution in [-0.2, 0) is 4.79 Å². The highest BCUT2D eigenvalue weighted by Crippen LogP contribution is 2.44. The van der Waals surface area contributed by atoms with E-state index < -0.39 is 11.4 Å². The molecule has 1 aliphatic rings. The average Bonchev–Trinajstić information content (AvgIpc) is 2.35. The first-order valence-electron chi connectivity index (χ1n) is 7.33. The van der Waals surface area contributed by atoms with Crippen LogP contribution in [0, 0.1) is 17.3 Å². The molecule has 1 aliphatic carbocycles. The van der Waals surface area contributed by atoms with E-state index in [0.717, 1.165) is 55.9 Å². The summed E-state index contributed by atoms with van der Waals surface area (Å²) in [5, 5.41) is 9.56. The van der Waals surface area contributed by atoms with Crippen LogP contribution in [0.2, 0.25) is 0 Å². The third kappa shape index (κ3) is 4.18. The summed E-state index contributed by atoms with van der Waals surface area (Å²) in [5.41, 5.74) is -0.403. The molecule has 106 valence electrons. The molecular formula is C15H28O2S. The van der Waals surface area contributed by atoms with Gasteiger partial charge in [0, 0.05) is 0 Å². The lowest BCUT2D eigenvalue weighted by molar-refractivity contribution is -0.152. The van der Waals surface area contributed by atoms with Gasteiger partial charge in [-0.15, -0.1) is 0 Å². The Balaban J connectivity index is 2.48. The Kier molecular flexibility index (Phi) is 6.54. The summed E-state index contributed by atoms with van der Waals surface area (Å²) in [7, 11) is 0. The van der Waals surface area contributed by atoms with E-state index in [0.29, 0.717) is 5.92 Å². The molecule has 1 saturated carbocycles. The first-order valence-corrected chi connectivity index (χ1v) is 8.48. The maximum atomic E-state index is 11.6. The van der Waals surface area contributed by atoms with Gasteiger partial charge in [-0.3, -0.25) is 4.79 Å². The standard InChI is InChI=1S/C15H28O2S/c1-4-18-11-5-8-15(14(16)17)9-6-13(7-10-15)12(2)3/h12-13H,4-11H2,1-3H3,(H,16,17).